The van der Waals surface area contributed by atoms with Crippen LogP contribution in [0.3, 0.4) is 0 Å². The summed E-state index contributed by atoms with van der Waals surface area (Å²) in [6, 6.07) is 0. The number of nitrogens with zero attached hydrogens (tertiary/aromatic N) is 1. The van der Waals surface area contributed by atoms with Gasteiger partial charge in [-0.05, 0) is 12.2 Å². The third-order valence-corrected chi connectivity index (χ3v) is 0. The maximum atomic E-state index is 8.33. The largest absolute Gasteiger partial charge is 1.00 e. The third kappa shape index (κ3) is 265. The van der Waals surface area contributed by atoms with Crippen LogP contribution < -0.4 is 98.9 Å². The standard InChI is InChI=1S/CNO.CH2O3.3Na/c2-1-3;2-1(3)4;;;/h;(H2,2,3,4);;;/q-1;;3*+1/p-2. The van der Waals surface area contributed by atoms with Gasteiger partial charge in [-0.2, -0.15) is 0 Å². The molecule has 0 heterocycles. The first-order valence-electron chi connectivity index (χ1n) is 1.04. The number of rotatable bonds is 0. The molecule has 0 unspecified atom stereocenters. The van der Waals surface area contributed by atoms with Gasteiger partial charge in [0, 0.05) is 0 Å². The van der Waals surface area contributed by atoms with Gasteiger partial charge in [-0.1, -0.05) is 0 Å². The Kier molecular flexibility index (Phi) is 92.8. The van der Waals surface area contributed by atoms with E-state index in [0.29, 0.717) is 6.08 Å². The zero-order valence-corrected chi connectivity index (χ0v) is 12.1. The molecule has 0 saturated carbocycles. The molecule has 0 spiro atoms. The SMILES string of the molecule is O=C([O-])[O-].[N-]=C=O.[Na+].[Na+].[Na+]. The molecular weight excluding hydrogens is 171 g/mol. The van der Waals surface area contributed by atoms with E-state index in [0.717, 1.165) is 0 Å². The van der Waals surface area contributed by atoms with Crippen molar-refractivity contribution >= 4 is 12.2 Å². The summed E-state index contributed by atoms with van der Waals surface area (Å²) < 4.78 is 0. The Morgan fingerprint density at radius 3 is 1.20 bits per heavy atom. The zero-order chi connectivity index (χ0) is 6.28. The van der Waals surface area contributed by atoms with Gasteiger partial charge in [0.15, 0.2) is 0 Å². The van der Waals surface area contributed by atoms with Crippen LogP contribution in [0.4, 0.5) is 4.79 Å². The number of carbonyl (C=O) groups is 1. The minimum Gasteiger partial charge on any atom is -0.724 e. The van der Waals surface area contributed by atoms with E-state index in [2.05, 4.69) is 0 Å². The molecule has 0 amide bonds. The summed E-state index contributed by atoms with van der Waals surface area (Å²) in [5.41, 5.74) is 0. The second-order valence-corrected chi connectivity index (χ2v) is 0.341. The molecule has 0 aromatic rings. The van der Waals surface area contributed by atoms with E-state index < -0.39 is 6.16 Å². The molecule has 0 fully saturated rings. The molecule has 0 aliphatic rings. The molecule has 8 heteroatoms. The Balaban J connectivity index is -0.0000000131. The Morgan fingerprint density at radius 1 is 1.20 bits per heavy atom. The predicted octanol–water partition coefficient (Wildman–Crippen LogP) is -11.5. The minimum absolute atomic E-state index is 0. The van der Waals surface area contributed by atoms with Crippen LogP contribution in [-0.4, -0.2) is 12.2 Å². The van der Waals surface area contributed by atoms with Crippen LogP contribution >= 0.6 is 0 Å². The van der Waals surface area contributed by atoms with E-state index in [9.17, 15) is 0 Å². The monoisotopic (exact) mass is 171 g/mol. The topological polar surface area (TPSA) is 103 Å². The van der Waals surface area contributed by atoms with Crippen LogP contribution in [0.1, 0.15) is 0 Å². The van der Waals surface area contributed by atoms with Crippen molar-refractivity contribution < 1.29 is 108 Å². The number of hydrogen-bond acceptors (Lipinski definition) is 4. The third-order valence-electron chi connectivity index (χ3n) is 0. The molecular formula is C2NNa3O4. The van der Waals surface area contributed by atoms with Gasteiger partial charge in [-0.25, -0.2) is 0 Å². The van der Waals surface area contributed by atoms with Crippen molar-refractivity contribution in [2.75, 3.05) is 0 Å². The molecule has 0 radical (unpaired) electrons. The van der Waals surface area contributed by atoms with E-state index in [-0.39, 0.29) is 88.7 Å². The van der Waals surface area contributed by atoms with Crippen molar-refractivity contribution in [3.8, 4) is 0 Å². The van der Waals surface area contributed by atoms with Crippen molar-refractivity contribution in [3.05, 3.63) is 5.41 Å². The fourth-order valence-corrected chi connectivity index (χ4v) is 0. The smallest absolute Gasteiger partial charge is 0.724 e. The normalized spacial score (nSPS) is 3.20. The second kappa shape index (κ2) is 31.1. The first-order valence-corrected chi connectivity index (χ1v) is 1.04. The maximum Gasteiger partial charge on any atom is 1.00 e. The van der Waals surface area contributed by atoms with Crippen LogP contribution in [-0.2, 0) is 4.79 Å². The van der Waals surface area contributed by atoms with E-state index >= 15 is 0 Å². The molecule has 40 valence electrons. The fraction of sp³-hybridized carbons (Fsp3) is 0. The maximum absolute atomic E-state index is 8.33. The van der Waals surface area contributed by atoms with E-state index in [1.807, 2.05) is 0 Å². The van der Waals surface area contributed by atoms with E-state index in [1.54, 1.807) is 0 Å². The van der Waals surface area contributed by atoms with Gasteiger partial charge in [0.1, 0.15) is 0 Å². The molecule has 0 aliphatic carbocycles. The molecule has 0 saturated heterocycles. The molecule has 5 nitrogen and oxygen atoms in total. The molecule has 0 aliphatic heterocycles. The molecule has 0 N–H and O–H groups in total. The molecule has 0 bridgehead atoms. The summed E-state index contributed by atoms with van der Waals surface area (Å²) in [7, 11) is 0. The van der Waals surface area contributed by atoms with Crippen molar-refractivity contribution in [1.82, 2.24) is 0 Å². The second-order valence-electron chi connectivity index (χ2n) is 0.341. The zero-order valence-electron chi connectivity index (χ0n) is 6.08. The van der Waals surface area contributed by atoms with Crippen LogP contribution in [0.5, 0.6) is 0 Å². The van der Waals surface area contributed by atoms with Gasteiger partial charge in [0.2, 0.25) is 0 Å². The first-order chi connectivity index (χ1) is 3.15. The molecule has 10 heavy (non-hydrogen) atoms. The molecule has 0 rings (SSSR count). The Morgan fingerprint density at radius 2 is 1.20 bits per heavy atom. The van der Waals surface area contributed by atoms with Gasteiger partial charge in [-0.3, -0.25) is 4.79 Å². The summed E-state index contributed by atoms with van der Waals surface area (Å²) in [6.07, 6.45) is -1.83. The number of hydrogen-bond donors (Lipinski definition) is 0. The number of carboxylic acid groups (broad SMARTS) is 2. The van der Waals surface area contributed by atoms with Gasteiger partial charge >= 0.3 is 88.7 Å². The van der Waals surface area contributed by atoms with E-state index in [4.69, 9.17) is 25.2 Å². The van der Waals surface area contributed by atoms with Crippen molar-refractivity contribution in [2.24, 2.45) is 0 Å². The quantitative estimate of drug-likeness (QED) is 0.205. The van der Waals surface area contributed by atoms with Crippen molar-refractivity contribution in [1.29, 1.82) is 0 Å². The molecule has 0 aromatic heterocycles. The first kappa shape index (κ1) is 29.9. The predicted molar refractivity (Wildman–Crippen MR) is 14.4 cm³/mol. The fourth-order valence-electron chi connectivity index (χ4n) is 0. The van der Waals surface area contributed by atoms with Crippen molar-refractivity contribution in [2.45, 2.75) is 0 Å². The number of isocyanates is 1. The summed E-state index contributed by atoms with van der Waals surface area (Å²) in [6.45, 7) is 0. The van der Waals surface area contributed by atoms with Crippen LogP contribution in [0.25, 0.3) is 5.41 Å². The van der Waals surface area contributed by atoms with Crippen molar-refractivity contribution in [3.63, 3.8) is 0 Å². The number of carbonyl (C=O) groups excluding carboxylic acids is 2. The summed E-state index contributed by atoms with van der Waals surface area (Å²) in [5, 5.41) is 23.4. The summed E-state index contributed by atoms with van der Waals surface area (Å²) >= 11 is 0. The Labute approximate surface area is 124 Å². The Hall–Kier alpha value is 1.65. The van der Waals surface area contributed by atoms with Gasteiger partial charge in [-0.15, -0.1) is 0 Å². The van der Waals surface area contributed by atoms with Crippen LogP contribution in [0, 0.1) is 0 Å². The summed E-state index contributed by atoms with van der Waals surface area (Å²) in [4.78, 5) is 16.6. The molecule has 0 aromatic carbocycles. The Bertz CT molecular complexity index is 86.5. The summed E-state index contributed by atoms with van der Waals surface area (Å²) in [5.74, 6) is 0. The van der Waals surface area contributed by atoms with Crippen LogP contribution in [0.2, 0.25) is 0 Å². The van der Waals surface area contributed by atoms with Gasteiger partial charge in [0.05, 0.1) is 0 Å². The van der Waals surface area contributed by atoms with Crippen LogP contribution in [0.15, 0.2) is 0 Å². The minimum atomic E-state index is -2.33. The molecule has 0 atom stereocenters. The van der Waals surface area contributed by atoms with Gasteiger partial charge in [0.25, 0.3) is 0 Å². The van der Waals surface area contributed by atoms with E-state index in [1.165, 1.54) is 0 Å². The average Bonchev–Trinajstić information content (AvgIpc) is 1.33. The van der Waals surface area contributed by atoms with Gasteiger partial charge < -0.3 is 20.4 Å². The average molecular weight is 171 g/mol.